The SMILES string of the molecule is Cc1ccc2c(c1)C1(c3ccccc3-c3ccccc31)c1cc(C)ccc1N2c1ccc2c(c1)Sc1ccccc1P2(=S)c1ccccc1. The van der Waals surface area contributed by atoms with Crippen LogP contribution in [-0.2, 0) is 17.2 Å². The number of anilines is 3. The summed E-state index contributed by atoms with van der Waals surface area (Å²) in [6, 6.07) is 56.6. The van der Waals surface area contributed by atoms with Gasteiger partial charge in [-0.1, -0.05) is 156 Å². The van der Waals surface area contributed by atoms with E-state index in [-0.39, 0.29) is 0 Å². The van der Waals surface area contributed by atoms with E-state index in [2.05, 4.69) is 176 Å². The zero-order valence-corrected chi connectivity index (χ0v) is 29.7. The van der Waals surface area contributed by atoms with Crippen molar-refractivity contribution in [2.75, 3.05) is 4.90 Å². The number of hydrogen-bond donors (Lipinski definition) is 0. The molecule has 2 heterocycles. The topological polar surface area (TPSA) is 3.24 Å². The van der Waals surface area contributed by atoms with E-state index in [4.69, 9.17) is 11.8 Å². The number of fused-ring (bicyclic) bond motifs is 11. The Kier molecular flexibility index (Phi) is 6.37. The summed E-state index contributed by atoms with van der Waals surface area (Å²) in [4.78, 5) is 5.02. The largest absolute Gasteiger partial charge is 0.310 e. The molecule has 1 nitrogen and oxygen atoms in total. The van der Waals surface area contributed by atoms with E-state index in [0.717, 1.165) is 5.69 Å². The maximum atomic E-state index is 6.81. The Morgan fingerprint density at radius 1 is 0.510 bits per heavy atom. The maximum Gasteiger partial charge on any atom is 0.0754 e. The summed E-state index contributed by atoms with van der Waals surface area (Å²) >= 11 is 8.67. The summed E-state index contributed by atoms with van der Waals surface area (Å²) in [5.74, 6) is 0. The van der Waals surface area contributed by atoms with Crippen LogP contribution in [0.15, 0.2) is 168 Å². The van der Waals surface area contributed by atoms with Gasteiger partial charge in [0.05, 0.1) is 16.8 Å². The first-order valence-corrected chi connectivity index (χ1v) is 20.4. The molecule has 0 amide bonds. The number of hydrogen-bond acceptors (Lipinski definition) is 3. The summed E-state index contributed by atoms with van der Waals surface area (Å²) in [6.45, 7) is 4.44. The summed E-state index contributed by atoms with van der Waals surface area (Å²) in [7, 11) is 0. The number of benzene rings is 7. The highest BCUT2D eigenvalue weighted by atomic mass is 32.4. The van der Waals surface area contributed by atoms with Crippen LogP contribution in [0.2, 0.25) is 0 Å². The molecule has 1 aliphatic carbocycles. The second-order valence-electron chi connectivity index (χ2n) is 13.4. The molecule has 1 unspecified atom stereocenters. The first-order valence-electron chi connectivity index (χ1n) is 16.8. The standard InChI is InChI=1S/C45H32NPS2/c1-29-20-23-39-37(26-29)45(35-16-8-6-14-33(35)34-15-7-9-17-36(34)45)38-27-30(2)21-24-40(38)46(39)31-22-25-42-44(28-31)49-43-19-11-10-18-41(43)47(42,48)32-12-4-3-5-13-32/h3-28H,1-2H3. The average molecular weight is 682 g/mol. The molecule has 0 N–H and O–H groups in total. The van der Waals surface area contributed by atoms with Crippen LogP contribution < -0.4 is 20.8 Å². The number of aryl methyl sites for hydroxylation is 2. The lowest BCUT2D eigenvalue weighted by Crippen LogP contribution is -2.36. The average Bonchev–Trinajstić information content (AvgIpc) is 3.43. The molecule has 2 aliphatic heterocycles. The van der Waals surface area contributed by atoms with Crippen LogP contribution in [-0.4, -0.2) is 0 Å². The minimum atomic E-state index is -2.25. The number of nitrogens with zero attached hydrogens (tertiary/aromatic N) is 1. The molecule has 234 valence electrons. The van der Waals surface area contributed by atoms with Crippen LogP contribution in [0.5, 0.6) is 0 Å². The van der Waals surface area contributed by atoms with Crippen LogP contribution in [0.25, 0.3) is 11.1 Å². The quantitative estimate of drug-likeness (QED) is 0.167. The molecule has 4 heteroatoms. The molecule has 49 heavy (non-hydrogen) atoms. The van der Waals surface area contributed by atoms with Crippen LogP contribution >= 0.6 is 17.8 Å². The Balaban J connectivity index is 1.25. The van der Waals surface area contributed by atoms with Gasteiger partial charge in [-0.05, 0) is 88.9 Å². The van der Waals surface area contributed by atoms with Crippen molar-refractivity contribution >= 4 is 62.6 Å². The van der Waals surface area contributed by atoms with Gasteiger partial charge in [0, 0.05) is 32.1 Å². The lowest BCUT2D eigenvalue weighted by atomic mass is 9.64. The number of rotatable bonds is 2. The molecule has 10 rings (SSSR count). The fourth-order valence-corrected chi connectivity index (χ4v) is 15.0. The summed E-state index contributed by atoms with van der Waals surface area (Å²) < 4.78 is 0. The van der Waals surface area contributed by atoms with E-state index >= 15 is 0 Å². The molecular formula is C45H32NPS2. The van der Waals surface area contributed by atoms with Crippen molar-refractivity contribution in [2.45, 2.75) is 29.1 Å². The third kappa shape index (κ3) is 3.93. The van der Waals surface area contributed by atoms with Gasteiger partial charge in [-0.2, -0.15) is 0 Å². The van der Waals surface area contributed by atoms with Crippen molar-refractivity contribution in [2.24, 2.45) is 0 Å². The Labute approximate surface area is 297 Å². The predicted octanol–water partition coefficient (Wildman–Crippen LogP) is 10.7. The third-order valence-corrected chi connectivity index (χ3v) is 17.0. The molecule has 7 aromatic carbocycles. The van der Waals surface area contributed by atoms with Crippen molar-refractivity contribution in [3.8, 4) is 11.1 Å². The second kappa shape index (κ2) is 10.7. The van der Waals surface area contributed by atoms with E-state index in [9.17, 15) is 0 Å². The molecule has 1 atom stereocenters. The van der Waals surface area contributed by atoms with Crippen molar-refractivity contribution in [1.29, 1.82) is 0 Å². The van der Waals surface area contributed by atoms with E-state index in [1.165, 1.54) is 81.6 Å². The van der Waals surface area contributed by atoms with Gasteiger partial charge in [0.1, 0.15) is 0 Å². The van der Waals surface area contributed by atoms with E-state index in [0.29, 0.717) is 0 Å². The first kappa shape index (κ1) is 29.3. The Bertz CT molecular complexity index is 2450. The molecule has 0 saturated carbocycles. The Hall–Kier alpha value is -4.66. The van der Waals surface area contributed by atoms with Gasteiger partial charge >= 0.3 is 0 Å². The zero-order valence-electron chi connectivity index (χ0n) is 27.2. The molecule has 3 aliphatic rings. The molecule has 0 fully saturated rings. The van der Waals surface area contributed by atoms with Crippen LogP contribution in [0.3, 0.4) is 0 Å². The van der Waals surface area contributed by atoms with E-state index < -0.39 is 11.5 Å². The van der Waals surface area contributed by atoms with Crippen molar-refractivity contribution in [3.05, 3.63) is 191 Å². The summed E-state index contributed by atoms with van der Waals surface area (Å²) in [5.41, 5.74) is 13.7. The Morgan fingerprint density at radius 2 is 1.06 bits per heavy atom. The normalized spacial score (nSPS) is 17.4. The van der Waals surface area contributed by atoms with Crippen LogP contribution in [0.4, 0.5) is 17.1 Å². The third-order valence-electron chi connectivity index (χ3n) is 10.6. The van der Waals surface area contributed by atoms with Crippen molar-refractivity contribution < 1.29 is 0 Å². The smallest absolute Gasteiger partial charge is 0.0754 e. The fraction of sp³-hybridized carbons (Fsp3) is 0.0667. The highest BCUT2D eigenvalue weighted by molar-refractivity contribution is 8.26. The van der Waals surface area contributed by atoms with E-state index in [1.807, 2.05) is 11.8 Å². The van der Waals surface area contributed by atoms with Gasteiger partial charge in [0.2, 0.25) is 0 Å². The van der Waals surface area contributed by atoms with Crippen LogP contribution in [0, 0.1) is 13.8 Å². The van der Waals surface area contributed by atoms with Crippen molar-refractivity contribution in [1.82, 2.24) is 0 Å². The second-order valence-corrected chi connectivity index (χ2v) is 18.8. The highest BCUT2D eigenvalue weighted by Gasteiger charge is 2.51. The molecular weight excluding hydrogens is 650 g/mol. The molecule has 0 bridgehead atoms. The lowest BCUT2D eigenvalue weighted by molar-refractivity contribution is 0.750. The van der Waals surface area contributed by atoms with Gasteiger partial charge in [-0.25, -0.2) is 0 Å². The Morgan fingerprint density at radius 3 is 1.71 bits per heavy atom. The van der Waals surface area contributed by atoms with Crippen LogP contribution in [0.1, 0.15) is 33.4 Å². The van der Waals surface area contributed by atoms with Gasteiger partial charge in [-0.15, -0.1) is 0 Å². The maximum absolute atomic E-state index is 6.81. The molecule has 0 aromatic heterocycles. The molecule has 0 radical (unpaired) electrons. The predicted molar refractivity (Wildman–Crippen MR) is 212 cm³/mol. The minimum Gasteiger partial charge on any atom is -0.310 e. The van der Waals surface area contributed by atoms with E-state index in [1.54, 1.807) is 0 Å². The molecule has 7 aromatic rings. The van der Waals surface area contributed by atoms with Gasteiger partial charge in [-0.3, -0.25) is 0 Å². The summed E-state index contributed by atoms with van der Waals surface area (Å²) in [6.07, 6.45) is 0. The molecule has 1 spiro atoms. The summed E-state index contributed by atoms with van der Waals surface area (Å²) in [5, 5.41) is 3.81. The molecule has 0 saturated heterocycles. The highest BCUT2D eigenvalue weighted by Crippen LogP contribution is 2.64. The lowest BCUT2D eigenvalue weighted by Gasteiger charge is -2.45. The van der Waals surface area contributed by atoms with Gasteiger partial charge < -0.3 is 4.90 Å². The fourth-order valence-electron chi connectivity index (χ4n) is 8.61. The van der Waals surface area contributed by atoms with Gasteiger partial charge in [0.15, 0.2) is 0 Å². The van der Waals surface area contributed by atoms with Gasteiger partial charge in [0.25, 0.3) is 0 Å². The zero-order chi connectivity index (χ0) is 32.9. The first-order chi connectivity index (χ1) is 24.0. The monoisotopic (exact) mass is 681 g/mol. The minimum absolute atomic E-state index is 0.428. The van der Waals surface area contributed by atoms with Crippen molar-refractivity contribution in [3.63, 3.8) is 0 Å².